The van der Waals surface area contributed by atoms with Crippen LogP contribution in [0.25, 0.3) is 5.57 Å². The highest BCUT2D eigenvalue weighted by Crippen LogP contribution is 2.26. The van der Waals surface area contributed by atoms with Gasteiger partial charge in [0.15, 0.2) is 6.61 Å². The summed E-state index contributed by atoms with van der Waals surface area (Å²) < 4.78 is 13.7. The molecule has 2 rings (SSSR count). The molecule has 0 fully saturated rings. The largest absolute Gasteiger partial charge is 0.462 e. The van der Waals surface area contributed by atoms with Crippen LogP contribution in [0.4, 0.5) is 0 Å². The van der Waals surface area contributed by atoms with Gasteiger partial charge >= 0.3 is 0 Å². The van der Waals surface area contributed by atoms with E-state index >= 15 is 0 Å². The zero-order chi connectivity index (χ0) is 11.4. The normalized spacial score (nSPS) is 16.6. The van der Waals surface area contributed by atoms with E-state index in [2.05, 4.69) is 32.7 Å². The summed E-state index contributed by atoms with van der Waals surface area (Å²) in [4.78, 5) is 2.25. The number of nitrogens with zero attached hydrogens (tertiary/aromatic N) is 3. The van der Waals surface area contributed by atoms with Crippen molar-refractivity contribution >= 4 is 17.3 Å². The summed E-state index contributed by atoms with van der Waals surface area (Å²) in [5, 5.41) is 0. The molecule has 0 unspecified atom stereocenters. The minimum atomic E-state index is 0.238. The third kappa shape index (κ3) is 2.40. The van der Waals surface area contributed by atoms with Gasteiger partial charge < -0.3 is 9.64 Å². The van der Waals surface area contributed by atoms with Crippen molar-refractivity contribution in [2.24, 2.45) is 0 Å². The van der Waals surface area contributed by atoms with Crippen LogP contribution in [-0.2, 0) is 0 Å². The minimum absolute atomic E-state index is 0.238. The zero-order valence-corrected chi connectivity index (χ0v) is 9.96. The fourth-order valence-corrected chi connectivity index (χ4v) is 2.18. The van der Waals surface area contributed by atoms with Crippen LogP contribution in [-0.4, -0.2) is 40.4 Å². The monoisotopic (exact) mass is 235 g/mol. The number of hydrogen-bond donors (Lipinski definition) is 0. The summed E-state index contributed by atoms with van der Waals surface area (Å²) in [6, 6.07) is 0. The molecule has 0 saturated heterocycles. The summed E-state index contributed by atoms with van der Waals surface area (Å²) in [6.45, 7) is 2.21. The van der Waals surface area contributed by atoms with Crippen molar-refractivity contribution in [2.75, 3.05) is 26.7 Å². The van der Waals surface area contributed by atoms with E-state index in [0.29, 0.717) is 5.88 Å². The molecule has 0 atom stereocenters. The van der Waals surface area contributed by atoms with Gasteiger partial charge in [-0.15, -0.1) is 10.8 Å². The smallest absolute Gasteiger partial charge is 0.254 e. The highest BCUT2D eigenvalue weighted by atomic mass is 32.1. The predicted octanol–water partition coefficient (Wildman–Crippen LogP) is 1.27. The van der Waals surface area contributed by atoms with Gasteiger partial charge in [0.1, 0.15) is 5.69 Å². The van der Waals surface area contributed by atoms with Crippen LogP contribution in [0.1, 0.15) is 12.1 Å². The molecule has 0 radical (unpaired) electrons. The topological polar surface area (TPSA) is 38.3 Å². The van der Waals surface area contributed by atoms with Crippen molar-refractivity contribution < 1.29 is 4.74 Å². The van der Waals surface area contributed by atoms with Crippen LogP contribution >= 0.6 is 11.7 Å². The first kappa shape index (κ1) is 11.1. The summed E-state index contributed by atoms with van der Waals surface area (Å²) >= 11 is 1.16. The molecule has 0 spiro atoms. The summed E-state index contributed by atoms with van der Waals surface area (Å²) in [5.41, 5.74) is 2.02. The Bertz CT molecular complexity index is 433. The number of ether oxygens (including phenoxy) is 1. The van der Waals surface area contributed by atoms with E-state index in [1.165, 1.54) is 5.57 Å². The van der Waals surface area contributed by atoms with E-state index in [1.807, 2.05) is 0 Å². The Balaban J connectivity index is 2.17. The van der Waals surface area contributed by atoms with Crippen LogP contribution < -0.4 is 4.74 Å². The van der Waals surface area contributed by atoms with Crippen LogP contribution in [0.15, 0.2) is 6.08 Å². The van der Waals surface area contributed by atoms with Crippen LogP contribution in [0.5, 0.6) is 5.88 Å². The van der Waals surface area contributed by atoms with Crippen molar-refractivity contribution in [1.29, 1.82) is 0 Å². The molecule has 2 heterocycles. The van der Waals surface area contributed by atoms with Crippen molar-refractivity contribution in [1.82, 2.24) is 13.6 Å². The molecule has 0 N–H and O–H groups in total. The van der Waals surface area contributed by atoms with Gasteiger partial charge in [-0.1, -0.05) is 12.0 Å². The highest BCUT2D eigenvalue weighted by molar-refractivity contribution is 6.99. The number of likely N-dealkylation sites (N-methyl/N-ethyl adjacent to an activating group) is 1. The Morgan fingerprint density at radius 3 is 3.25 bits per heavy atom. The van der Waals surface area contributed by atoms with Gasteiger partial charge in [-0.3, -0.25) is 0 Å². The van der Waals surface area contributed by atoms with Gasteiger partial charge in [0.05, 0.1) is 11.7 Å². The maximum atomic E-state index is 5.36. The SMILES string of the molecule is C#CCOc1nsnc1C1=CCCN(C)C1. The van der Waals surface area contributed by atoms with Gasteiger partial charge in [-0.2, -0.15) is 4.37 Å². The van der Waals surface area contributed by atoms with E-state index in [4.69, 9.17) is 11.2 Å². The first-order valence-corrected chi connectivity index (χ1v) is 5.81. The lowest BCUT2D eigenvalue weighted by molar-refractivity contribution is 0.353. The summed E-state index contributed by atoms with van der Waals surface area (Å²) in [7, 11) is 2.09. The zero-order valence-electron chi connectivity index (χ0n) is 9.14. The molecule has 1 aromatic heterocycles. The molecule has 1 aliphatic heterocycles. The molecule has 1 aromatic rings. The molecule has 0 aliphatic carbocycles. The third-order valence-corrected chi connectivity index (χ3v) is 2.91. The summed E-state index contributed by atoms with van der Waals surface area (Å²) in [5.74, 6) is 2.99. The van der Waals surface area contributed by atoms with Gasteiger partial charge in [-0.05, 0) is 19.0 Å². The average Bonchev–Trinajstić information content (AvgIpc) is 2.74. The molecular formula is C11H13N3OS. The molecular weight excluding hydrogens is 222 g/mol. The Morgan fingerprint density at radius 1 is 1.62 bits per heavy atom. The van der Waals surface area contributed by atoms with Crippen molar-refractivity contribution in [3.63, 3.8) is 0 Å². The maximum absolute atomic E-state index is 5.36. The van der Waals surface area contributed by atoms with Crippen molar-refractivity contribution in [3.05, 3.63) is 11.8 Å². The molecule has 0 amide bonds. The van der Waals surface area contributed by atoms with E-state index in [1.54, 1.807) is 0 Å². The van der Waals surface area contributed by atoms with E-state index in [-0.39, 0.29) is 6.61 Å². The quantitative estimate of drug-likeness (QED) is 0.740. The fraction of sp³-hybridized carbons (Fsp3) is 0.455. The van der Waals surface area contributed by atoms with Gasteiger partial charge in [-0.25, -0.2) is 0 Å². The van der Waals surface area contributed by atoms with Crippen LogP contribution in [0, 0.1) is 12.3 Å². The molecule has 1 aliphatic rings. The minimum Gasteiger partial charge on any atom is -0.462 e. The van der Waals surface area contributed by atoms with Crippen molar-refractivity contribution in [3.8, 4) is 18.2 Å². The second-order valence-corrected chi connectivity index (χ2v) is 4.20. The standard InChI is InChI=1S/C11H13N3OS/c1-3-7-15-11-10(12-16-13-11)9-5-4-6-14(2)8-9/h1,5H,4,6-8H2,2H3. The van der Waals surface area contributed by atoms with Gasteiger partial charge in [0, 0.05) is 13.1 Å². The lowest BCUT2D eigenvalue weighted by atomic mass is 10.1. The second kappa shape index (κ2) is 5.10. The third-order valence-electron chi connectivity index (χ3n) is 2.40. The Kier molecular flexibility index (Phi) is 3.54. The molecule has 16 heavy (non-hydrogen) atoms. The summed E-state index contributed by atoms with van der Waals surface area (Å²) in [6.07, 6.45) is 8.39. The molecule has 5 heteroatoms. The van der Waals surface area contributed by atoms with Crippen molar-refractivity contribution in [2.45, 2.75) is 6.42 Å². The first-order chi connectivity index (χ1) is 7.81. The lowest BCUT2D eigenvalue weighted by Crippen LogP contribution is -2.25. The average molecular weight is 235 g/mol. The maximum Gasteiger partial charge on any atom is 0.254 e. The lowest BCUT2D eigenvalue weighted by Gasteiger charge is -2.21. The highest BCUT2D eigenvalue weighted by Gasteiger charge is 2.18. The Labute approximate surface area is 99.3 Å². The fourth-order valence-electron chi connectivity index (χ4n) is 1.65. The van der Waals surface area contributed by atoms with E-state index in [9.17, 15) is 0 Å². The van der Waals surface area contributed by atoms with Crippen LogP contribution in [0.3, 0.4) is 0 Å². The Morgan fingerprint density at radius 2 is 2.50 bits per heavy atom. The predicted molar refractivity (Wildman–Crippen MR) is 64.3 cm³/mol. The number of aromatic nitrogens is 2. The number of hydrogen-bond acceptors (Lipinski definition) is 5. The van der Waals surface area contributed by atoms with Gasteiger partial charge in [0.2, 0.25) is 0 Å². The number of rotatable bonds is 3. The number of terminal acetylenes is 1. The second-order valence-electron chi connectivity index (χ2n) is 3.67. The molecule has 84 valence electrons. The molecule has 0 bridgehead atoms. The molecule has 4 nitrogen and oxygen atoms in total. The van der Waals surface area contributed by atoms with E-state index < -0.39 is 0 Å². The first-order valence-electron chi connectivity index (χ1n) is 5.08. The molecule has 0 aromatic carbocycles. The van der Waals surface area contributed by atoms with Crippen LogP contribution in [0.2, 0.25) is 0 Å². The van der Waals surface area contributed by atoms with E-state index in [0.717, 1.165) is 36.9 Å². The van der Waals surface area contributed by atoms with Gasteiger partial charge in [0.25, 0.3) is 5.88 Å². The molecule has 0 saturated carbocycles. The Hall–Kier alpha value is -1.38.